The third-order valence-corrected chi connectivity index (χ3v) is 6.42. The Hall–Kier alpha value is -2.21. The minimum Gasteiger partial charge on any atom is -0.369 e. The van der Waals surface area contributed by atoms with Gasteiger partial charge in [-0.05, 0) is 37.8 Å². The Morgan fingerprint density at radius 3 is 3.15 bits per heavy atom. The maximum absolute atomic E-state index is 12.5. The molecule has 1 aromatic heterocycles. The van der Waals surface area contributed by atoms with Crippen LogP contribution in [0.25, 0.3) is 0 Å². The zero-order valence-corrected chi connectivity index (χ0v) is 15.8. The maximum atomic E-state index is 12.5. The van der Waals surface area contributed by atoms with E-state index < -0.39 is 0 Å². The fourth-order valence-corrected chi connectivity index (χ4v) is 5.05. The van der Waals surface area contributed by atoms with Crippen LogP contribution in [0.1, 0.15) is 41.7 Å². The molecule has 3 fully saturated rings. The molecule has 3 saturated heterocycles. The van der Waals surface area contributed by atoms with E-state index in [1.165, 1.54) is 0 Å². The summed E-state index contributed by atoms with van der Waals surface area (Å²) in [5.74, 6) is 0.595. The third kappa shape index (κ3) is 3.16. The first-order chi connectivity index (χ1) is 13.0. The largest absolute Gasteiger partial charge is 0.369 e. The summed E-state index contributed by atoms with van der Waals surface area (Å²) in [4.78, 5) is 31.1. The normalized spacial score (nSPS) is 31.0. The number of ether oxygens (including phenoxy) is 1. The van der Waals surface area contributed by atoms with E-state index in [1.807, 2.05) is 24.0 Å². The molecule has 4 rings (SSSR count). The molecule has 0 unspecified atom stereocenters. The molecule has 3 aliphatic rings. The van der Waals surface area contributed by atoms with Gasteiger partial charge in [-0.25, -0.2) is 0 Å². The average Bonchev–Trinajstić information content (AvgIpc) is 3.33. The molecule has 1 aromatic rings. The molecule has 3 aliphatic heterocycles. The summed E-state index contributed by atoms with van der Waals surface area (Å²) >= 11 is 0. The number of hydrogen-bond acceptors (Lipinski definition) is 4. The fraction of sp³-hybridized carbons (Fsp3) is 0.571. The number of fused-ring (bicyclic) bond motifs is 1. The lowest BCUT2D eigenvalue weighted by molar-refractivity contribution is -0.131. The van der Waals surface area contributed by atoms with Crippen molar-refractivity contribution in [2.45, 2.75) is 44.3 Å². The average molecular weight is 369 g/mol. The molecule has 4 atom stereocenters. The number of carbonyl (C=O) groups excluding carboxylic acids is 2. The highest BCUT2D eigenvalue weighted by atomic mass is 16.5. The van der Waals surface area contributed by atoms with Gasteiger partial charge in [0.15, 0.2) is 0 Å². The Bertz CT molecular complexity index is 765. The van der Waals surface area contributed by atoms with E-state index in [0.29, 0.717) is 37.5 Å². The van der Waals surface area contributed by atoms with E-state index >= 15 is 0 Å². The number of aryl methyl sites for hydroxylation is 1. The van der Waals surface area contributed by atoms with Crippen LogP contribution in [-0.4, -0.2) is 53.0 Å². The van der Waals surface area contributed by atoms with Crippen molar-refractivity contribution in [2.75, 3.05) is 19.6 Å². The number of nitrogens with one attached hydrogen (secondary N) is 1. The Kier molecular flexibility index (Phi) is 4.76. The number of likely N-dealkylation sites (tertiary alicyclic amines) is 1. The van der Waals surface area contributed by atoms with Gasteiger partial charge in [0.05, 0.1) is 18.2 Å². The number of carbonyl (C=O) groups is 2. The highest BCUT2D eigenvalue weighted by Crippen LogP contribution is 2.54. The van der Waals surface area contributed by atoms with Crippen molar-refractivity contribution < 1.29 is 14.3 Å². The molecule has 4 heterocycles. The summed E-state index contributed by atoms with van der Waals surface area (Å²) in [7, 11) is 0. The predicted molar refractivity (Wildman–Crippen MR) is 101 cm³/mol. The van der Waals surface area contributed by atoms with Crippen molar-refractivity contribution >= 4 is 11.8 Å². The molecule has 0 saturated carbocycles. The van der Waals surface area contributed by atoms with E-state index in [4.69, 9.17) is 4.74 Å². The highest BCUT2D eigenvalue weighted by Gasteiger charge is 2.63. The van der Waals surface area contributed by atoms with E-state index in [2.05, 4.69) is 16.9 Å². The number of amides is 2. The van der Waals surface area contributed by atoms with Gasteiger partial charge in [-0.2, -0.15) is 0 Å². The van der Waals surface area contributed by atoms with Gasteiger partial charge in [-0.1, -0.05) is 12.1 Å². The van der Waals surface area contributed by atoms with Crippen LogP contribution in [0.2, 0.25) is 0 Å². The Morgan fingerprint density at radius 2 is 2.37 bits per heavy atom. The number of rotatable bonds is 6. The second kappa shape index (κ2) is 7.08. The van der Waals surface area contributed by atoms with Crippen LogP contribution in [0.5, 0.6) is 0 Å². The number of allylic oxidation sites excluding steroid dienone is 1. The van der Waals surface area contributed by atoms with Crippen molar-refractivity contribution in [3.8, 4) is 0 Å². The highest BCUT2D eigenvalue weighted by molar-refractivity contribution is 5.93. The van der Waals surface area contributed by atoms with Crippen LogP contribution < -0.4 is 5.32 Å². The molecule has 1 N–H and O–H groups in total. The van der Waals surface area contributed by atoms with Crippen LogP contribution in [-0.2, 0) is 9.53 Å². The fourth-order valence-electron chi connectivity index (χ4n) is 5.05. The van der Waals surface area contributed by atoms with E-state index in [1.54, 1.807) is 12.3 Å². The summed E-state index contributed by atoms with van der Waals surface area (Å²) in [5, 5.41) is 3.06. The summed E-state index contributed by atoms with van der Waals surface area (Å²) in [6.45, 7) is 7.58. The van der Waals surface area contributed by atoms with Crippen molar-refractivity contribution in [3.63, 3.8) is 0 Å². The Labute approximate surface area is 160 Å². The summed E-state index contributed by atoms with van der Waals surface area (Å²) in [6, 6.07) is 3.72. The van der Waals surface area contributed by atoms with Crippen LogP contribution in [0.4, 0.5) is 0 Å². The van der Waals surface area contributed by atoms with Crippen LogP contribution >= 0.6 is 0 Å². The van der Waals surface area contributed by atoms with Gasteiger partial charge in [0.1, 0.15) is 5.69 Å². The Balaban J connectivity index is 1.41. The molecule has 0 aromatic carbocycles. The lowest BCUT2D eigenvalue weighted by Crippen LogP contribution is -2.42. The minimum atomic E-state index is -0.204. The van der Waals surface area contributed by atoms with Crippen molar-refractivity contribution in [1.82, 2.24) is 15.2 Å². The summed E-state index contributed by atoms with van der Waals surface area (Å²) in [6.07, 6.45) is 6.85. The van der Waals surface area contributed by atoms with Crippen LogP contribution in [0.3, 0.4) is 0 Å². The second-order valence-electron chi connectivity index (χ2n) is 8.01. The number of nitrogens with zero attached hydrogens (tertiary/aromatic N) is 2. The first-order valence-electron chi connectivity index (χ1n) is 9.80. The van der Waals surface area contributed by atoms with Crippen LogP contribution in [0.15, 0.2) is 31.0 Å². The van der Waals surface area contributed by atoms with Crippen molar-refractivity contribution in [1.29, 1.82) is 0 Å². The molecular weight excluding hydrogens is 342 g/mol. The quantitative estimate of drug-likeness (QED) is 0.780. The van der Waals surface area contributed by atoms with Gasteiger partial charge < -0.3 is 15.0 Å². The molecule has 27 heavy (non-hydrogen) atoms. The van der Waals surface area contributed by atoms with E-state index in [-0.39, 0.29) is 29.4 Å². The van der Waals surface area contributed by atoms with Gasteiger partial charge in [0, 0.05) is 37.5 Å². The van der Waals surface area contributed by atoms with Crippen molar-refractivity contribution in [2.24, 2.45) is 11.8 Å². The lowest BCUT2D eigenvalue weighted by atomic mass is 9.73. The van der Waals surface area contributed by atoms with Gasteiger partial charge in [-0.15, -0.1) is 6.58 Å². The smallest absolute Gasteiger partial charge is 0.270 e. The first-order valence-corrected chi connectivity index (χ1v) is 9.80. The third-order valence-electron chi connectivity index (χ3n) is 6.42. The predicted octanol–water partition coefficient (Wildman–Crippen LogP) is 2.09. The molecule has 1 spiro atoms. The van der Waals surface area contributed by atoms with Gasteiger partial charge >= 0.3 is 0 Å². The van der Waals surface area contributed by atoms with Gasteiger partial charge in [-0.3, -0.25) is 14.6 Å². The first kappa shape index (κ1) is 18.2. The van der Waals surface area contributed by atoms with Gasteiger partial charge in [0.25, 0.3) is 5.91 Å². The van der Waals surface area contributed by atoms with Crippen LogP contribution in [0, 0.1) is 18.8 Å². The van der Waals surface area contributed by atoms with Crippen molar-refractivity contribution in [3.05, 3.63) is 42.2 Å². The molecule has 2 amide bonds. The Morgan fingerprint density at radius 1 is 1.52 bits per heavy atom. The lowest BCUT2D eigenvalue weighted by Gasteiger charge is -2.29. The number of hydrogen-bond donors (Lipinski definition) is 1. The molecule has 2 bridgehead atoms. The standard InChI is InChI=1S/C21H27N3O3/c1-3-4-7-18(25)24-12-16-15(17-8-9-21(16,13-24)27-17)11-23-20(26)19-14(2)6-5-10-22-19/h3,5-6,10,15-17H,1,4,7-9,11-13H2,2H3,(H,23,26)/t15-,16+,17+,21+/m0/s1. The summed E-state index contributed by atoms with van der Waals surface area (Å²) in [5.41, 5.74) is 1.14. The van der Waals surface area contributed by atoms with Gasteiger partial charge in [0.2, 0.25) is 5.91 Å². The number of aromatic nitrogens is 1. The zero-order valence-electron chi connectivity index (χ0n) is 15.8. The topological polar surface area (TPSA) is 71.5 Å². The second-order valence-corrected chi connectivity index (χ2v) is 8.01. The zero-order chi connectivity index (χ0) is 19.0. The molecular formula is C21H27N3O3. The van der Waals surface area contributed by atoms with E-state index in [9.17, 15) is 9.59 Å². The summed E-state index contributed by atoms with van der Waals surface area (Å²) < 4.78 is 6.36. The molecule has 6 nitrogen and oxygen atoms in total. The maximum Gasteiger partial charge on any atom is 0.270 e. The molecule has 6 heteroatoms. The molecule has 0 aliphatic carbocycles. The molecule has 0 radical (unpaired) electrons. The minimum absolute atomic E-state index is 0.137. The SMILES string of the molecule is C=CCCC(=O)N1C[C@@H]2[C@H](CNC(=O)c3ncccc3C)[C@H]3CC[C@]2(C1)O3. The monoisotopic (exact) mass is 369 g/mol. The molecule has 144 valence electrons. The van der Waals surface area contributed by atoms with E-state index in [0.717, 1.165) is 24.9 Å². The number of pyridine rings is 1.